The summed E-state index contributed by atoms with van der Waals surface area (Å²) in [5, 5.41) is 0. The number of hydrogen-bond donors (Lipinski definition) is 0. The predicted molar refractivity (Wildman–Crippen MR) is 90.3 cm³/mol. The van der Waals surface area contributed by atoms with Crippen molar-refractivity contribution in [3.63, 3.8) is 0 Å². The molecule has 0 spiro atoms. The first-order valence-corrected chi connectivity index (χ1v) is 7.90. The molecule has 1 heteroatoms. The first-order chi connectivity index (χ1) is 10.4. The molecule has 0 bridgehead atoms. The Labute approximate surface area is 127 Å². The molecule has 1 heterocycles. The number of hydrogen-bond acceptors (Lipinski definition) is 1. The average molecular weight is 277 g/mol. The first-order valence-electron chi connectivity index (χ1n) is 7.90. The van der Waals surface area contributed by atoms with Gasteiger partial charge in [0, 0.05) is 12.0 Å². The van der Waals surface area contributed by atoms with Gasteiger partial charge in [-0.1, -0.05) is 79.7 Å². The molecular weight excluding hydrogens is 254 g/mol. The molecule has 1 saturated heterocycles. The van der Waals surface area contributed by atoms with Crippen molar-refractivity contribution in [2.24, 2.45) is 0 Å². The Morgan fingerprint density at radius 1 is 1.00 bits per heavy atom. The van der Waals surface area contributed by atoms with Gasteiger partial charge < -0.3 is 0 Å². The van der Waals surface area contributed by atoms with Gasteiger partial charge in [0.05, 0.1) is 0 Å². The smallest absolute Gasteiger partial charge is 0.0350 e. The summed E-state index contributed by atoms with van der Waals surface area (Å²) >= 11 is 0. The zero-order valence-corrected chi connectivity index (χ0v) is 12.7. The van der Waals surface area contributed by atoms with E-state index in [0.29, 0.717) is 12.0 Å². The van der Waals surface area contributed by atoms with Gasteiger partial charge in [-0.3, -0.25) is 4.90 Å². The second kappa shape index (κ2) is 6.73. The monoisotopic (exact) mass is 277 g/mol. The lowest BCUT2D eigenvalue weighted by atomic mass is 9.91. The van der Waals surface area contributed by atoms with Crippen LogP contribution >= 0.6 is 0 Å². The van der Waals surface area contributed by atoms with Crippen LogP contribution < -0.4 is 0 Å². The van der Waals surface area contributed by atoms with E-state index in [1.807, 2.05) is 0 Å². The summed E-state index contributed by atoms with van der Waals surface area (Å²) in [4.78, 5) is 2.58. The number of likely N-dealkylation sites (N-methyl/N-ethyl adjacent to an activating group) is 1. The molecule has 0 N–H and O–H groups in total. The van der Waals surface area contributed by atoms with E-state index in [9.17, 15) is 0 Å². The fourth-order valence-electron chi connectivity index (χ4n) is 3.34. The highest BCUT2D eigenvalue weighted by molar-refractivity contribution is 5.50. The molecule has 1 aliphatic rings. The molecule has 3 rings (SSSR count). The van der Waals surface area contributed by atoms with E-state index in [2.05, 4.69) is 84.6 Å². The maximum absolute atomic E-state index is 2.58. The largest absolute Gasteiger partial charge is 0.297 e. The van der Waals surface area contributed by atoms with Crippen LogP contribution in [-0.2, 0) is 0 Å². The molecule has 1 aliphatic heterocycles. The molecule has 21 heavy (non-hydrogen) atoms. The Bertz CT molecular complexity index is 573. The summed E-state index contributed by atoms with van der Waals surface area (Å²) < 4.78 is 0. The first kappa shape index (κ1) is 14.1. The van der Waals surface area contributed by atoms with Crippen molar-refractivity contribution in [3.8, 4) is 0 Å². The molecule has 2 unspecified atom stereocenters. The van der Waals surface area contributed by atoms with Crippen LogP contribution in [0.2, 0.25) is 0 Å². The van der Waals surface area contributed by atoms with Gasteiger partial charge in [0.25, 0.3) is 0 Å². The molecule has 2 aromatic carbocycles. The Morgan fingerprint density at radius 2 is 1.67 bits per heavy atom. The van der Waals surface area contributed by atoms with E-state index >= 15 is 0 Å². The fourth-order valence-corrected chi connectivity index (χ4v) is 3.34. The van der Waals surface area contributed by atoms with Crippen LogP contribution in [0.25, 0.3) is 6.08 Å². The van der Waals surface area contributed by atoms with Crippen LogP contribution in [0.15, 0.2) is 66.7 Å². The zero-order valence-electron chi connectivity index (χ0n) is 12.7. The summed E-state index contributed by atoms with van der Waals surface area (Å²) in [6.07, 6.45) is 5.92. The van der Waals surface area contributed by atoms with E-state index in [-0.39, 0.29) is 0 Å². The van der Waals surface area contributed by atoms with Crippen molar-refractivity contribution >= 4 is 6.08 Å². The minimum atomic E-state index is 0.512. The lowest BCUT2D eigenvalue weighted by Gasteiger charge is -2.24. The number of likely N-dealkylation sites (tertiary alicyclic amines) is 1. The Kier molecular flexibility index (Phi) is 4.52. The van der Waals surface area contributed by atoms with Gasteiger partial charge in [-0.25, -0.2) is 0 Å². The summed E-state index contributed by atoms with van der Waals surface area (Å²) in [6.45, 7) is 4.57. The standard InChI is InChI=1S/C20H23N/c1-2-21-16-15-19(18-11-7-4-8-12-18)20(21)14-13-17-9-5-3-6-10-17/h3-14,19-20H,2,15-16H2,1H3/b14-13+. The van der Waals surface area contributed by atoms with Crippen molar-refractivity contribution in [3.05, 3.63) is 77.9 Å². The molecule has 2 aromatic rings. The number of rotatable bonds is 4. The normalized spacial score (nSPS) is 22.9. The van der Waals surface area contributed by atoms with Crippen LogP contribution in [0.3, 0.4) is 0 Å². The lowest BCUT2D eigenvalue weighted by Crippen LogP contribution is -2.30. The van der Waals surface area contributed by atoms with E-state index < -0.39 is 0 Å². The van der Waals surface area contributed by atoms with Crippen LogP contribution in [-0.4, -0.2) is 24.0 Å². The highest BCUT2D eigenvalue weighted by Gasteiger charge is 2.31. The molecule has 1 fully saturated rings. The minimum Gasteiger partial charge on any atom is -0.297 e. The average Bonchev–Trinajstić information content (AvgIpc) is 2.97. The van der Waals surface area contributed by atoms with Crippen molar-refractivity contribution in [1.82, 2.24) is 4.90 Å². The maximum atomic E-state index is 2.58. The summed E-state index contributed by atoms with van der Waals surface area (Å²) in [5.74, 6) is 0.617. The van der Waals surface area contributed by atoms with Crippen LogP contribution in [0.4, 0.5) is 0 Å². The van der Waals surface area contributed by atoms with Gasteiger partial charge in [-0.15, -0.1) is 0 Å². The van der Waals surface area contributed by atoms with E-state index in [1.165, 1.54) is 24.1 Å². The highest BCUT2D eigenvalue weighted by Crippen LogP contribution is 2.34. The topological polar surface area (TPSA) is 3.24 Å². The molecule has 108 valence electrons. The highest BCUT2D eigenvalue weighted by atomic mass is 15.2. The maximum Gasteiger partial charge on any atom is 0.0350 e. The van der Waals surface area contributed by atoms with E-state index in [0.717, 1.165) is 6.54 Å². The van der Waals surface area contributed by atoms with E-state index in [1.54, 1.807) is 0 Å². The van der Waals surface area contributed by atoms with Gasteiger partial charge in [-0.2, -0.15) is 0 Å². The second-order valence-electron chi connectivity index (χ2n) is 5.69. The summed E-state index contributed by atoms with van der Waals surface area (Å²) in [7, 11) is 0. The zero-order chi connectivity index (χ0) is 14.5. The molecule has 0 amide bonds. The molecule has 0 saturated carbocycles. The molecule has 2 atom stereocenters. The summed E-state index contributed by atoms with van der Waals surface area (Å²) in [6, 6.07) is 22.1. The SMILES string of the molecule is CCN1CCC(c2ccccc2)C1/C=C/c1ccccc1. The van der Waals surface area contributed by atoms with Crippen molar-refractivity contribution in [2.75, 3.05) is 13.1 Å². The minimum absolute atomic E-state index is 0.512. The third kappa shape index (κ3) is 3.25. The van der Waals surface area contributed by atoms with Gasteiger partial charge in [0.2, 0.25) is 0 Å². The Hall–Kier alpha value is -1.86. The van der Waals surface area contributed by atoms with Gasteiger partial charge in [-0.05, 0) is 30.6 Å². The van der Waals surface area contributed by atoms with Crippen molar-refractivity contribution < 1.29 is 0 Å². The van der Waals surface area contributed by atoms with Crippen LogP contribution in [0.5, 0.6) is 0 Å². The van der Waals surface area contributed by atoms with E-state index in [4.69, 9.17) is 0 Å². The Morgan fingerprint density at radius 3 is 2.33 bits per heavy atom. The van der Waals surface area contributed by atoms with Crippen LogP contribution in [0, 0.1) is 0 Å². The third-order valence-electron chi connectivity index (χ3n) is 4.48. The molecule has 0 radical (unpaired) electrons. The number of nitrogens with zero attached hydrogens (tertiary/aromatic N) is 1. The fraction of sp³-hybridized carbons (Fsp3) is 0.300. The van der Waals surface area contributed by atoms with Gasteiger partial charge >= 0.3 is 0 Å². The molecule has 1 nitrogen and oxygen atoms in total. The quantitative estimate of drug-likeness (QED) is 0.791. The lowest BCUT2D eigenvalue weighted by molar-refractivity contribution is 0.298. The Balaban J connectivity index is 1.83. The van der Waals surface area contributed by atoms with Crippen molar-refractivity contribution in [2.45, 2.75) is 25.3 Å². The van der Waals surface area contributed by atoms with Gasteiger partial charge in [0.15, 0.2) is 0 Å². The second-order valence-corrected chi connectivity index (χ2v) is 5.69. The third-order valence-corrected chi connectivity index (χ3v) is 4.48. The predicted octanol–water partition coefficient (Wildman–Crippen LogP) is 4.58. The van der Waals surface area contributed by atoms with Gasteiger partial charge in [0.1, 0.15) is 0 Å². The molecular formula is C20H23N. The summed E-state index contributed by atoms with van der Waals surface area (Å²) in [5.41, 5.74) is 2.75. The van der Waals surface area contributed by atoms with Crippen LogP contribution in [0.1, 0.15) is 30.4 Å². The molecule has 0 aromatic heterocycles. The van der Waals surface area contributed by atoms with Crippen molar-refractivity contribution in [1.29, 1.82) is 0 Å². The molecule has 0 aliphatic carbocycles. The number of benzene rings is 2.